The first-order valence-corrected chi connectivity index (χ1v) is 10.3. The van der Waals surface area contributed by atoms with Crippen LogP contribution in [0.4, 0.5) is 30.2 Å². The molecule has 0 unspecified atom stereocenters. The number of benzene rings is 2. The summed E-state index contributed by atoms with van der Waals surface area (Å²) in [6.07, 6.45) is 1.65. The molecule has 0 aliphatic rings. The summed E-state index contributed by atoms with van der Waals surface area (Å²) in [5.41, 5.74) is 2.36. The van der Waals surface area contributed by atoms with Crippen LogP contribution >= 0.6 is 0 Å². The number of alkyl halides is 3. The minimum Gasteiger partial charge on any atom is -0.386 e. The van der Waals surface area contributed by atoms with Crippen molar-refractivity contribution in [3.8, 4) is 0 Å². The summed E-state index contributed by atoms with van der Waals surface area (Å²) >= 11 is 0. The Kier molecular flexibility index (Phi) is 9.02. The molecule has 0 heterocycles. The first kappa shape index (κ1) is 23.6. The molecule has 0 radical (unpaired) electrons. The van der Waals surface area contributed by atoms with Gasteiger partial charge in [0.2, 0.25) is 5.91 Å². The molecule has 0 aromatic heterocycles. The van der Waals surface area contributed by atoms with Crippen molar-refractivity contribution in [1.82, 2.24) is 0 Å². The summed E-state index contributed by atoms with van der Waals surface area (Å²) in [5.74, 6) is -0.00605. The maximum Gasteiger partial charge on any atom is 0.416 e. The van der Waals surface area contributed by atoms with E-state index in [-0.39, 0.29) is 5.91 Å². The highest BCUT2D eigenvalue weighted by atomic mass is 19.4. The predicted octanol–water partition coefficient (Wildman–Crippen LogP) is 6.66. The van der Waals surface area contributed by atoms with E-state index in [4.69, 9.17) is 0 Å². The summed E-state index contributed by atoms with van der Waals surface area (Å²) in [7, 11) is 1.77. The van der Waals surface area contributed by atoms with Gasteiger partial charge in [-0.05, 0) is 42.3 Å². The van der Waals surface area contributed by atoms with Crippen molar-refractivity contribution in [3.63, 3.8) is 0 Å². The molecule has 3 N–H and O–H groups in total. The van der Waals surface area contributed by atoms with Gasteiger partial charge < -0.3 is 16.0 Å². The fraction of sp³-hybridized carbons (Fsp3) is 0.435. The van der Waals surface area contributed by atoms with E-state index < -0.39 is 11.7 Å². The first-order valence-electron chi connectivity index (χ1n) is 10.3. The highest BCUT2D eigenvalue weighted by Crippen LogP contribution is 2.29. The highest BCUT2D eigenvalue weighted by molar-refractivity contribution is 5.94. The lowest BCUT2D eigenvalue weighted by Gasteiger charge is -2.14. The average molecular weight is 422 g/mol. The van der Waals surface area contributed by atoms with Crippen molar-refractivity contribution in [1.29, 1.82) is 0 Å². The van der Waals surface area contributed by atoms with E-state index in [9.17, 15) is 18.0 Å². The minimum atomic E-state index is -4.33. The smallest absolute Gasteiger partial charge is 0.386 e. The van der Waals surface area contributed by atoms with Gasteiger partial charge in [-0.3, -0.25) is 4.79 Å². The zero-order valence-corrected chi connectivity index (χ0v) is 17.5. The molecule has 0 spiro atoms. The summed E-state index contributed by atoms with van der Waals surface area (Å²) in [4.78, 5) is 12.2. The maximum absolute atomic E-state index is 12.6. The molecular weight excluding hydrogens is 391 g/mol. The molecule has 164 valence electrons. The highest BCUT2D eigenvalue weighted by Gasteiger charge is 2.29. The molecule has 0 aliphatic carbocycles. The van der Waals surface area contributed by atoms with Gasteiger partial charge in [0, 0.05) is 25.7 Å². The Morgan fingerprint density at radius 3 is 2.27 bits per heavy atom. The minimum absolute atomic E-state index is 0.00605. The fourth-order valence-electron chi connectivity index (χ4n) is 3.09. The molecule has 2 rings (SSSR count). The van der Waals surface area contributed by atoms with Gasteiger partial charge in [0.25, 0.3) is 0 Å². The Hall–Kier alpha value is -2.70. The van der Waals surface area contributed by atoms with Gasteiger partial charge in [0.15, 0.2) is 0 Å². The summed E-state index contributed by atoms with van der Waals surface area (Å²) in [6.45, 7) is 2.55. The van der Waals surface area contributed by atoms with E-state index in [1.165, 1.54) is 25.0 Å². The van der Waals surface area contributed by atoms with Gasteiger partial charge in [-0.2, -0.15) is 13.2 Å². The molecule has 0 saturated carbocycles. The lowest BCUT2D eigenvalue weighted by molar-refractivity contribution is -0.137. The van der Waals surface area contributed by atoms with Crippen LogP contribution in [0.15, 0.2) is 42.5 Å². The van der Waals surface area contributed by atoms with Gasteiger partial charge >= 0.3 is 6.18 Å². The lowest BCUT2D eigenvalue weighted by Crippen LogP contribution is -2.12. The Morgan fingerprint density at radius 2 is 1.63 bits per heavy atom. The summed E-state index contributed by atoms with van der Waals surface area (Å²) in [6, 6.07) is 10.6. The van der Waals surface area contributed by atoms with E-state index in [1.807, 2.05) is 18.2 Å². The summed E-state index contributed by atoms with van der Waals surface area (Å²) in [5, 5.41) is 9.20. The predicted molar refractivity (Wildman–Crippen MR) is 117 cm³/mol. The van der Waals surface area contributed by atoms with Crippen LogP contribution in [-0.2, 0) is 17.5 Å². The van der Waals surface area contributed by atoms with Gasteiger partial charge in [-0.1, -0.05) is 44.7 Å². The number of nitrogens with one attached hydrogen (secondary N) is 3. The number of carbonyl (C=O) groups is 1. The van der Waals surface area contributed by atoms with Crippen molar-refractivity contribution in [3.05, 3.63) is 53.6 Å². The molecule has 0 atom stereocenters. The van der Waals surface area contributed by atoms with E-state index in [0.29, 0.717) is 18.7 Å². The molecule has 2 aromatic carbocycles. The Labute approximate surface area is 176 Å². The Morgan fingerprint density at radius 1 is 0.933 bits per heavy atom. The average Bonchev–Trinajstić information content (AvgIpc) is 2.72. The van der Waals surface area contributed by atoms with Crippen molar-refractivity contribution in [2.45, 2.75) is 58.2 Å². The summed E-state index contributed by atoms with van der Waals surface area (Å²) < 4.78 is 37.9. The van der Waals surface area contributed by atoms with E-state index >= 15 is 0 Å². The van der Waals surface area contributed by atoms with Gasteiger partial charge in [0.1, 0.15) is 0 Å². The quantitative estimate of drug-likeness (QED) is 0.356. The van der Waals surface area contributed by atoms with Crippen LogP contribution in [0.25, 0.3) is 0 Å². The lowest BCUT2D eigenvalue weighted by atomic mass is 10.1. The molecule has 1 amide bonds. The third kappa shape index (κ3) is 7.61. The molecule has 4 nitrogen and oxygen atoms in total. The van der Waals surface area contributed by atoms with Crippen LogP contribution in [-0.4, -0.2) is 13.0 Å². The molecule has 0 fully saturated rings. The topological polar surface area (TPSA) is 53.2 Å². The molecular formula is C23H30F3N3O. The zero-order valence-electron chi connectivity index (χ0n) is 17.5. The first-order chi connectivity index (χ1) is 14.3. The fourth-order valence-corrected chi connectivity index (χ4v) is 3.09. The Bertz CT molecular complexity index is 804. The molecule has 30 heavy (non-hydrogen) atoms. The maximum atomic E-state index is 12.6. The number of anilines is 3. The van der Waals surface area contributed by atoms with Crippen molar-refractivity contribution < 1.29 is 18.0 Å². The van der Waals surface area contributed by atoms with Crippen molar-refractivity contribution in [2.24, 2.45) is 0 Å². The third-order valence-electron chi connectivity index (χ3n) is 4.85. The Balaban J connectivity index is 1.89. The van der Waals surface area contributed by atoms with Gasteiger partial charge in [-0.25, -0.2) is 0 Å². The zero-order chi connectivity index (χ0) is 22.0. The second-order valence-corrected chi connectivity index (χ2v) is 7.27. The van der Waals surface area contributed by atoms with Gasteiger partial charge in [-0.15, -0.1) is 0 Å². The number of unbranched alkanes of at least 4 members (excludes halogenated alkanes) is 4. The van der Waals surface area contributed by atoms with E-state index in [2.05, 4.69) is 22.9 Å². The second kappa shape index (κ2) is 11.5. The van der Waals surface area contributed by atoms with Crippen LogP contribution in [0.2, 0.25) is 0 Å². The van der Waals surface area contributed by atoms with Crippen molar-refractivity contribution in [2.75, 3.05) is 23.0 Å². The van der Waals surface area contributed by atoms with Crippen LogP contribution in [0, 0.1) is 0 Å². The monoisotopic (exact) mass is 421 g/mol. The van der Waals surface area contributed by atoms with Crippen LogP contribution < -0.4 is 16.0 Å². The van der Waals surface area contributed by atoms with Gasteiger partial charge in [0.05, 0.1) is 16.9 Å². The molecule has 0 bridgehead atoms. The van der Waals surface area contributed by atoms with Crippen LogP contribution in [0.1, 0.15) is 56.6 Å². The standard InChI is InChI=1S/C23H30F3N3O/c1-3-4-5-6-7-8-22(30)29-20-14-13-19(15-21(20)27-2)28-16-17-9-11-18(12-10-17)23(24,25)26/h9-15,27-28H,3-8,16H2,1-2H3,(H,29,30). The number of amides is 1. The normalized spacial score (nSPS) is 11.2. The molecule has 0 aliphatic heterocycles. The van der Waals surface area contributed by atoms with Crippen molar-refractivity contribution >= 4 is 23.0 Å². The number of rotatable bonds is 11. The number of hydrogen-bond acceptors (Lipinski definition) is 3. The number of hydrogen-bond donors (Lipinski definition) is 3. The molecule has 7 heteroatoms. The number of carbonyl (C=O) groups excluding carboxylic acids is 1. The molecule has 2 aromatic rings. The second-order valence-electron chi connectivity index (χ2n) is 7.27. The third-order valence-corrected chi connectivity index (χ3v) is 4.85. The van der Waals surface area contributed by atoms with Crippen LogP contribution in [0.5, 0.6) is 0 Å². The van der Waals surface area contributed by atoms with E-state index in [1.54, 1.807) is 7.05 Å². The SMILES string of the molecule is CCCCCCCC(=O)Nc1ccc(NCc2ccc(C(F)(F)F)cc2)cc1NC. The molecule has 0 saturated heterocycles. The van der Waals surface area contributed by atoms with E-state index in [0.717, 1.165) is 48.3 Å². The van der Waals surface area contributed by atoms with Crippen LogP contribution in [0.3, 0.4) is 0 Å². The number of halogens is 3. The largest absolute Gasteiger partial charge is 0.416 e.